The molecule has 5 amide bonds. The van der Waals surface area contributed by atoms with E-state index in [1.54, 1.807) is 21.0 Å². The summed E-state index contributed by atoms with van der Waals surface area (Å²) in [4.78, 5) is 95.7. The van der Waals surface area contributed by atoms with Gasteiger partial charge in [-0.2, -0.15) is 6.42 Å². The number of carbonyl (C=O) groups excluding carboxylic acids is 7. The molecule has 0 aromatic heterocycles. The Hall–Kier alpha value is -6.97. The van der Waals surface area contributed by atoms with Gasteiger partial charge in [0.2, 0.25) is 11.8 Å². The first-order chi connectivity index (χ1) is 38.2. The third-order valence-electron chi connectivity index (χ3n) is 16.0. The number of benzene rings is 5. The molecule has 80 heavy (non-hydrogen) atoms. The van der Waals surface area contributed by atoms with Crippen molar-refractivity contribution in [1.29, 1.82) is 0 Å². The first-order valence-electron chi connectivity index (χ1n) is 27.7. The van der Waals surface area contributed by atoms with Crippen molar-refractivity contribution in [2.45, 2.75) is 136 Å². The Bertz CT molecular complexity index is 3250. The van der Waals surface area contributed by atoms with Crippen molar-refractivity contribution in [1.82, 2.24) is 10.2 Å². The third-order valence-corrected chi connectivity index (χ3v) is 16.0. The number of carbonyl (C=O) groups is 7. The number of nitrogens with zero attached hydrogens (tertiary/aromatic N) is 3. The summed E-state index contributed by atoms with van der Waals surface area (Å²) in [6, 6.07) is 30.1. The van der Waals surface area contributed by atoms with Gasteiger partial charge in [0, 0.05) is 118 Å². The van der Waals surface area contributed by atoms with Crippen LogP contribution >= 0.6 is 0 Å². The Morgan fingerprint density at radius 2 is 1.38 bits per heavy atom. The van der Waals surface area contributed by atoms with Crippen LogP contribution in [0.25, 0.3) is 0 Å². The summed E-state index contributed by atoms with van der Waals surface area (Å²) in [5, 5.41) is 5.78. The largest absolute Gasteiger partial charge is 0.493 e. The molecule has 0 spiro atoms. The molecule has 5 aromatic rings. The zero-order valence-corrected chi connectivity index (χ0v) is 48.9. The van der Waals surface area contributed by atoms with Crippen molar-refractivity contribution >= 4 is 58.2 Å². The molecule has 0 unspecified atom stereocenters. The SMILES string of the molecule is COc1cc2c(cc1OCc1cc(COc3cc4c(cc3C)C(=O)N3c5ccccc5C[C@H]3CC4)cc(NC(=O)[C@H](C)CC(=O)[C@H](C)NC(=O)CCCCC(=O)CCCN3C(=O)C=CC3=O)c1)C[CH-][C@@H]1Cc3ccccc3N1C2.[Y]. The van der Waals surface area contributed by atoms with E-state index < -0.39 is 12.0 Å². The number of hydrogen-bond acceptors (Lipinski definition) is 11. The number of unbranched alkanes of at least 4 members (excludes halogenated alkanes) is 1. The number of nitrogens with one attached hydrogen (secondary N) is 2. The topological polar surface area (TPSA) is 181 Å². The van der Waals surface area contributed by atoms with Crippen LogP contribution in [0.15, 0.2) is 103 Å². The maximum absolute atomic E-state index is 14.1. The summed E-state index contributed by atoms with van der Waals surface area (Å²) in [6.45, 7) is 6.45. The molecule has 5 aromatic carbocycles. The molecule has 10 rings (SSSR count). The van der Waals surface area contributed by atoms with E-state index in [4.69, 9.17) is 14.2 Å². The Balaban J connectivity index is 0.00000774. The van der Waals surface area contributed by atoms with Crippen molar-refractivity contribution < 1.29 is 80.5 Å². The van der Waals surface area contributed by atoms with E-state index in [1.165, 1.54) is 40.1 Å². The van der Waals surface area contributed by atoms with E-state index in [2.05, 4.69) is 64.4 Å². The molecule has 2 N–H and O–H groups in total. The summed E-state index contributed by atoms with van der Waals surface area (Å²) in [6.07, 6.45) is 10.8. The molecule has 413 valence electrons. The molecule has 1 radical (unpaired) electrons. The van der Waals surface area contributed by atoms with Crippen LogP contribution in [0.4, 0.5) is 17.1 Å². The second-order valence-corrected chi connectivity index (χ2v) is 21.7. The molecular formula is C64H68N5O10Y-. The predicted octanol–water partition coefficient (Wildman–Crippen LogP) is 9.24. The number of aryl methyl sites for hydroxylation is 2. The number of imide groups is 1. The number of rotatable bonds is 22. The number of amides is 5. The number of fused-ring (bicyclic) bond motifs is 8. The van der Waals surface area contributed by atoms with Gasteiger partial charge in [0.15, 0.2) is 17.3 Å². The average Bonchev–Trinajstić information content (AvgIpc) is 4.07. The van der Waals surface area contributed by atoms with Gasteiger partial charge < -0.3 is 41.1 Å². The number of methoxy groups -OCH3 is 1. The average molecular weight is 1160 g/mol. The smallest absolute Gasteiger partial charge is 0.258 e. The van der Waals surface area contributed by atoms with Gasteiger partial charge in [-0.25, -0.2) is 0 Å². The molecule has 5 heterocycles. The van der Waals surface area contributed by atoms with Crippen LogP contribution in [0, 0.1) is 19.3 Å². The fourth-order valence-electron chi connectivity index (χ4n) is 11.7. The monoisotopic (exact) mass is 1160 g/mol. The summed E-state index contributed by atoms with van der Waals surface area (Å²) in [7, 11) is 1.64. The van der Waals surface area contributed by atoms with Gasteiger partial charge in [0.25, 0.3) is 17.7 Å². The van der Waals surface area contributed by atoms with Crippen molar-refractivity contribution in [3.63, 3.8) is 0 Å². The van der Waals surface area contributed by atoms with E-state index in [0.29, 0.717) is 53.8 Å². The fraction of sp³-hybridized carbons (Fsp3) is 0.375. The zero-order valence-electron chi connectivity index (χ0n) is 46.0. The molecule has 0 saturated heterocycles. The molecule has 4 atom stereocenters. The van der Waals surface area contributed by atoms with Gasteiger partial charge in [-0.1, -0.05) is 54.9 Å². The molecule has 0 fully saturated rings. The number of ether oxygens (including phenoxy) is 3. The van der Waals surface area contributed by atoms with Crippen LogP contribution in [0.3, 0.4) is 0 Å². The van der Waals surface area contributed by atoms with Crippen molar-refractivity contribution in [2.24, 2.45) is 5.92 Å². The number of anilines is 3. The molecule has 0 bridgehead atoms. The molecular weight excluding hydrogens is 1090 g/mol. The number of para-hydroxylation sites is 2. The Kier molecular flexibility index (Phi) is 18.5. The third kappa shape index (κ3) is 13.1. The van der Waals surface area contributed by atoms with E-state index in [9.17, 15) is 33.6 Å². The quantitative estimate of drug-likeness (QED) is 0.0383. The van der Waals surface area contributed by atoms with Crippen molar-refractivity contribution in [3.05, 3.63) is 160 Å². The van der Waals surface area contributed by atoms with Gasteiger partial charge >= 0.3 is 0 Å². The number of hydrogen-bond donors (Lipinski definition) is 2. The van der Waals surface area contributed by atoms with Crippen LogP contribution < -0.4 is 34.6 Å². The van der Waals surface area contributed by atoms with Crippen LogP contribution in [0.1, 0.15) is 120 Å². The van der Waals surface area contributed by atoms with Gasteiger partial charge in [0.1, 0.15) is 24.7 Å². The molecule has 16 heteroatoms. The Labute approximate surface area is 493 Å². The van der Waals surface area contributed by atoms with Gasteiger partial charge in [-0.15, -0.1) is 0 Å². The van der Waals surface area contributed by atoms with E-state index >= 15 is 0 Å². The van der Waals surface area contributed by atoms with Gasteiger partial charge in [-0.05, 0) is 152 Å². The summed E-state index contributed by atoms with van der Waals surface area (Å²) in [5.74, 6) is -0.606. The van der Waals surface area contributed by atoms with Crippen LogP contribution in [-0.2, 0) is 107 Å². The standard InChI is InChI=1S/C64H68N5O10.Y/c1-39-26-53-45(20-22-51-32-47-13-6-9-17-55(47)69(51)64(53)76)34-57(39)78-37-42-28-43(38-79-59-33-44-19-21-50-31-46-12-5-8-16-54(46)68(50)36-48(44)35-58(59)77-4)30-49(29-42)66-63(75)40(2)27-56(71)41(3)65-60(72)18-10-7-14-52(70)15-11-25-67-61(73)23-24-62(67)74;/h5-6,8-9,12-13,16-17,21,23-24,26,28-30,33-35,40-41,50-51H,7,10-11,14-15,18-20,22,25,27,31-32,36-38H2,1-4H3,(H,65,72)(H,66,75);/q-1;/t40-,41+,50-,51-;/m1./s1. The molecule has 5 aliphatic rings. The van der Waals surface area contributed by atoms with E-state index in [-0.39, 0.29) is 125 Å². The minimum atomic E-state index is -0.834. The Morgan fingerprint density at radius 1 is 0.725 bits per heavy atom. The number of Topliss-reactive ketones (excluding diaryl/α,β-unsaturated/α-hetero) is 2. The molecule has 5 aliphatic heterocycles. The molecule has 0 aliphatic carbocycles. The minimum absolute atomic E-state index is 0. The fourth-order valence-corrected chi connectivity index (χ4v) is 11.7. The maximum atomic E-state index is 14.1. The van der Waals surface area contributed by atoms with Crippen LogP contribution in [0.5, 0.6) is 17.2 Å². The van der Waals surface area contributed by atoms with Crippen molar-refractivity contribution in [3.8, 4) is 17.2 Å². The first kappa shape index (κ1) is 57.7. The summed E-state index contributed by atoms with van der Waals surface area (Å²) in [5.41, 5.74) is 11.6. The van der Waals surface area contributed by atoms with Gasteiger partial charge in [0.05, 0.1) is 13.2 Å². The maximum Gasteiger partial charge on any atom is 0.258 e. The van der Waals surface area contributed by atoms with Crippen LogP contribution in [-0.4, -0.2) is 77.8 Å². The van der Waals surface area contributed by atoms with E-state index in [1.807, 2.05) is 60.4 Å². The predicted molar refractivity (Wildman–Crippen MR) is 300 cm³/mol. The summed E-state index contributed by atoms with van der Waals surface area (Å²) >= 11 is 0. The van der Waals surface area contributed by atoms with Gasteiger partial charge in [-0.3, -0.25) is 38.5 Å². The normalized spacial score (nSPS) is 17.4. The molecule has 0 saturated carbocycles. The van der Waals surface area contributed by atoms with Crippen LogP contribution in [0.2, 0.25) is 0 Å². The number of ketones is 2. The Morgan fingerprint density at radius 3 is 2.11 bits per heavy atom. The first-order valence-corrected chi connectivity index (χ1v) is 27.7. The van der Waals surface area contributed by atoms with Crippen molar-refractivity contribution in [2.75, 3.05) is 28.8 Å². The minimum Gasteiger partial charge on any atom is -0.493 e. The second-order valence-electron chi connectivity index (χ2n) is 21.7. The second kappa shape index (κ2) is 25.7. The van der Waals surface area contributed by atoms with E-state index in [0.717, 1.165) is 71.5 Å². The molecule has 15 nitrogen and oxygen atoms in total. The zero-order chi connectivity index (χ0) is 55.3. The summed E-state index contributed by atoms with van der Waals surface area (Å²) < 4.78 is 19.1.